The van der Waals surface area contributed by atoms with E-state index in [9.17, 15) is 18.0 Å². The largest absolute Gasteiger partial charge is 0.355 e. The number of rotatable bonds is 5. The Balaban J connectivity index is 2.28. The van der Waals surface area contributed by atoms with Crippen LogP contribution < -0.4 is 10.6 Å². The number of sulfone groups is 1. The molecule has 1 fully saturated rings. The molecular formula is C11H20N2O4S. The maximum Gasteiger partial charge on any atom is 0.229 e. The van der Waals surface area contributed by atoms with Crippen LogP contribution in [0.3, 0.4) is 0 Å². The summed E-state index contributed by atoms with van der Waals surface area (Å²) >= 11 is 0. The molecule has 1 unspecified atom stereocenters. The van der Waals surface area contributed by atoms with Crippen molar-refractivity contribution in [2.45, 2.75) is 32.7 Å². The Morgan fingerprint density at radius 1 is 1.28 bits per heavy atom. The van der Waals surface area contributed by atoms with Gasteiger partial charge >= 0.3 is 0 Å². The summed E-state index contributed by atoms with van der Waals surface area (Å²) in [5.41, 5.74) is 0. The van der Waals surface area contributed by atoms with E-state index in [0.717, 1.165) is 0 Å². The van der Waals surface area contributed by atoms with Crippen molar-refractivity contribution in [2.24, 2.45) is 5.92 Å². The van der Waals surface area contributed by atoms with Gasteiger partial charge in [0.1, 0.15) is 6.42 Å². The van der Waals surface area contributed by atoms with Crippen molar-refractivity contribution in [3.05, 3.63) is 0 Å². The minimum absolute atomic E-state index is 0.0215. The lowest BCUT2D eigenvalue weighted by molar-refractivity contribution is -0.129. The van der Waals surface area contributed by atoms with Gasteiger partial charge < -0.3 is 10.6 Å². The van der Waals surface area contributed by atoms with Gasteiger partial charge in [0.05, 0.1) is 11.5 Å². The lowest BCUT2D eigenvalue weighted by Crippen LogP contribution is -2.39. The molecule has 1 aliphatic rings. The summed E-state index contributed by atoms with van der Waals surface area (Å²) in [4.78, 5) is 22.9. The molecule has 7 heteroatoms. The molecule has 0 saturated carbocycles. The number of carbonyl (C=O) groups is 2. The fourth-order valence-corrected chi connectivity index (χ4v) is 3.39. The van der Waals surface area contributed by atoms with E-state index in [4.69, 9.17) is 0 Å². The molecule has 0 aliphatic carbocycles. The summed E-state index contributed by atoms with van der Waals surface area (Å²) in [6.07, 6.45) is 0.185. The molecule has 0 aromatic rings. The summed E-state index contributed by atoms with van der Waals surface area (Å²) in [5.74, 6) is -0.332. The van der Waals surface area contributed by atoms with Crippen molar-refractivity contribution in [1.29, 1.82) is 0 Å². The van der Waals surface area contributed by atoms with E-state index in [1.807, 2.05) is 13.8 Å². The standard InChI is InChI=1S/C11H20N2O4S/c1-8(2)6-12-10(14)5-11(15)13-9-3-4-18(16,17)7-9/h8-9H,3-7H2,1-2H3,(H,12,14)(H,13,15). The van der Waals surface area contributed by atoms with E-state index in [2.05, 4.69) is 10.6 Å². The van der Waals surface area contributed by atoms with Crippen LogP contribution in [0.5, 0.6) is 0 Å². The summed E-state index contributed by atoms with van der Waals surface area (Å²) < 4.78 is 22.4. The van der Waals surface area contributed by atoms with E-state index < -0.39 is 15.7 Å². The Labute approximate surface area is 107 Å². The van der Waals surface area contributed by atoms with E-state index >= 15 is 0 Å². The third kappa shape index (κ3) is 5.48. The third-order valence-electron chi connectivity index (χ3n) is 2.63. The van der Waals surface area contributed by atoms with Crippen molar-refractivity contribution in [1.82, 2.24) is 10.6 Å². The van der Waals surface area contributed by atoms with Gasteiger partial charge in [0, 0.05) is 12.6 Å². The fraction of sp³-hybridized carbons (Fsp3) is 0.818. The number of hydrogen-bond donors (Lipinski definition) is 2. The molecule has 2 amide bonds. The second kappa shape index (κ2) is 6.17. The van der Waals surface area contributed by atoms with E-state index in [-0.39, 0.29) is 29.9 Å². The van der Waals surface area contributed by atoms with E-state index in [1.54, 1.807) is 0 Å². The molecule has 1 atom stereocenters. The van der Waals surface area contributed by atoms with Crippen LogP contribution in [-0.2, 0) is 19.4 Å². The average molecular weight is 276 g/mol. The lowest BCUT2D eigenvalue weighted by atomic mass is 10.2. The Morgan fingerprint density at radius 3 is 2.44 bits per heavy atom. The van der Waals surface area contributed by atoms with Gasteiger partial charge in [0.2, 0.25) is 11.8 Å². The SMILES string of the molecule is CC(C)CNC(=O)CC(=O)NC1CCS(=O)(=O)C1. The van der Waals surface area contributed by atoms with Crippen molar-refractivity contribution in [3.63, 3.8) is 0 Å². The quantitative estimate of drug-likeness (QED) is 0.659. The number of nitrogens with one attached hydrogen (secondary N) is 2. The highest BCUT2D eigenvalue weighted by molar-refractivity contribution is 7.91. The molecule has 0 aromatic carbocycles. The fourth-order valence-electron chi connectivity index (χ4n) is 1.71. The van der Waals surface area contributed by atoms with Gasteiger partial charge in [-0.1, -0.05) is 13.8 Å². The summed E-state index contributed by atoms with van der Waals surface area (Å²) in [7, 11) is -3.01. The van der Waals surface area contributed by atoms with Gasteiger partial charge in [-0.05, 0) is 12.3 Å². The maximum atomic E-state index is 11.5. The van der Waals surface area contributed by atoms with Crippen molar-refractivity contribution >= 4 is 21.7 Å². The molecule has 0 bridgehead atoms. The lowest BCUT2D eigenvalue weighted by Gasteiger charge is -2.11. The average Bonchev–Trinajstić information content (AvgIpc) is 2.54. The zero-order valence-electron chi connectivity index (χ0n) is 10.7. The van der Waals surface area contributed by atoms with Crippen LogP contribution in [0.15, 0.2) is 0 Å². The van der Waals surface area contributed by atoms with Crippen LogP contribution in [-0.4, -0.2) is 44.3 Å². The number of hydrogen-bond acceptors (Lipinski definition) is 4. The zero-order chi connectivity index (χ0) is 13.8. The van der Waals surface area contributed by atoms with Crippen LogP contribution in [0.1, 0.15) is 26.7 Å². The highest BCUT2D eigenvalue weighted by Gasteiger charge is 2.29. The Bertz CT molecular complexity index is 417. The first-order valence-electron chi connectivity index (χ1n) is 6.05. The minimum atomic E-state index is -3.01. The van der Waals surface area contributed by atoms with Gasteiger partial charge in [-0.25, -0.2) is 8.42 Å². The Morgan fingerprint density at radius 2 is 1.94 bits per heavy atom. The first-order valence-corrected chi connectivity index (χ1v) is 7.87. The highest BCUT2D eigenvalue weighted by Crippen LogP contribution is 2.11. The first-order chi connectivity index (χ1) is 8.28. The summed E-state index contributed by atoms with van der Waals surface area (Å²) in [6, 6.07) is -0.347. The Kier molecular flexibility index (Phi) is 5.13. The maximum absolute atomic E-state index is 11.5. The molecule has 0 radical (unpaired) electrons. The molecule has 1 aliphatic heterocycles. The second-order valence-corrected chi connectivity index (χ2v) is 7.27. The van der Waals surface area contributed by atoms with Crippen LogP contribution in [0.25, 0.3) is 0 Å². The van der Waals surface area contributed by atoms with Crippen molar-refractivity contribution in [2.75, 3.05) is 18.1 Å². The molecule has 104 valence electrons. The summed E-state index contributed by atoms with van der Waals surface area (Å²) in [5, 5.41) is 5.21. The molecule has 0 spiro atoms. The Hall–Kier alpha value is -1.11. The van der Waals surface area contributed by atoms with E-state index in [1.165, 1.54) is 0 Å². The number of amides is 2. The van der Waals surface area contributed by atoms with Crippen molar-refractivity contribution < 1.29 is 18.0 Å². The first kappa shape index (κ1) is 14.9. The van der Waals surface area contributed by atoms with Gasteiger partial charge in [-0.3, -0.25) is 9.59 Å². The summed E-state index contributed by atoms with van der Waals surface area (Å²) in [6.45, 7) is 4.46. The van der Waals surface area contributed by atoms with Gasteiger partial charge in [-0.15, -0.1) is 0 Å². The number of carbonyl (C=O) groups excluding carboxylic acids is 2. The van der Waals surface area contributed by atoms with Gasteiger partial charge in [0.25, 0.3) is 0 Å². The normalized spacial score (nSPS) is 21.8. The monoisotopic (exact) mass is 276 g/mol. The molecule has 1 heterocycles. The predicted molar refractivity (Wildman–Crippen MR) is 67.7 cm³/mol. The van der Waals surface area contributed by atoms with Crippen LogP contribution in [0, 0.1) is 5.92 Å². The van der Waals surface area contributed by atoms with Gasteiger partial charge in [0.15, 0.2) is 9.84 Å². The molecule has 6 nitrogen and oxygen atoms in total. The smallest absolute Gasteiger partial charge is 0.229 e. The molecule has 0 aromatic heterocycles. The van der Waals surface area contributed by atoms with Crippen LogP contribution >= 0.6 is 0 Å². The van der Waals surface area contributed by atoms with Crippen LogP contribution in [0.4, 0.5) is 0 Å². The topological polar surface area (TPSA) is 92.3 Å². The van der Waals surface area contributed by atoms with Crippen LogP contribution in [0.2, 0.25) is 0 Å². The molecule has 1 saturated heterocycles. The second-order valence-electron chi connectivity index (χ2n) is 5.04. The molecular weight excluding hydrogens is 256 g/mol. The third-order valence-corrected chi connectivity index (χ3v) is 4.39. The van der Waals surface area contributed by atoms with Gasteiger partial charge in [-0.2, -0.15) is 0 Å². The molecule has 2 N–H and O–H groups in total. The molecule has 1 rings (SSSR count). The van der Waals surface area contributed by atoms with Crippen molar-refractivity contribution in [3.8, 4) is 0 Å². The van der Waals surface area contributed by atoms with E-state index in [0.29, 0.717) is 18.9 Å². The highest BCUT2D eigenvalue weighted by atomic mass is 32.2. The predicted octanol–water partition coefficient (Wildman–Crippen LogP) is -0.548. The molecule has 18 heavy (non-hydrogen) atoms. The zero-order valence-corrected chi connectivity index (χ0v) is 11.5. The minimum Gasteiger partial charge on any atom is -0.355 e.